The van der Waals surface area contributed by atoms with Crippen molar-refractivity contribution >= 4 is 17.7 Å². The zero-order chi connectivity index (χ0) is 22.2. The van der Waals surface area contributed by atoms with Gasteiger partial charge in [0.05, 0.1) is 18.4 Å². The predicted molar refractivity (Wildman–Crippen MR) is 115 cm³/mol. The minimum atomic E-state index is -1.11. The quantitative estimate of drug-likeness (QED) is 0.459. The molecule has 3 aromatic rings. The molecule has 2 heterocycles. The lowest BCUT2D eigenvalue weighted by atomic mass is 10.1. The van der Waals surface area contributed by atoms with Crippen LogP contribution >= 0.6 is 0 Å². The Morgan fingerprint density at radius 3 is 2.58 bits per heavy atom. The van der Waals surface area contributed by atoms with Crippen molar-refractivity contribution in [3.05, 3.63) is 77.4 Å². The van der Waals surface area contributed by atoms with Crippen LogP contribution in [-0.4, -0.2) is 41.7 Å². The number of aliphatic carboxylic acids is 1. The standard InChI is InChI=1S/C23H25N3O5/c1-15-19(11-13-30-15)22(27)26-20(23(28)29)14-16-6-8-18(9-7-16)31-12-10-17-4-3-5-21(24-2)25-17/h3-9,11,13,20H,10,12,14H2,1-2H3,(H,24,25)(H,26,27)(H,28,29)/t20-/m0/s1. The molecule has 0 spiro atoms. The number of aromatic nitrogens is 1. The SMILES string of the molecule is CNc1cccc(CCOc2ccc(C[C@H](NC(=O)c3ccoc3C)C(=O)O)cc2)n1. The maximum atomic E-state index is 12.3. The number of pyridine rings is 1. The van der Waals surface area contributed by atoms with Gasteiger partial charge in [-0.2, -0.15) is 0 Å². The lowest BCUT2D eigenvalue weighted by Gasteiger charge is -2.15. The largest absolute Gasteiger partial charge is 0.493 e. The molecule has 3 N–H and O–H groups in total. The maximum Gasteiger partial charge on any atom is 0.326 e. The maximum absolute atomic E-state index is 12.3. The van der Waals surface area contributed by atoms with Crippen molar-refractivity contribution in [2.75, 3.05) is 19.0 Å². The summed E-state index contributed by atoms with van der Waals surface area (Å²) in [6, 6.07) is 13.4. The molecule has 0 radical (unpaired) electrons. The van der Waals surface area contributed by atoms with Gasteiger partial charge >= 0.3 is 5.97 Å². The van der Waals surface area contributed by atoms with Gasteiger partial charge in [-0.15, -0.1) is 0 Å². The van der Waals surface area contributed by atoms with E-state index in [4.69, 9.17) is 9.15 Å². The van der Waals surface area contributed by atoms with Crippen molar-refractivity contribution in [3.8, 4) is 5.75 Å². The number of benzene rings is 1. The second-order valence-corrected chi connectivity index (χ2v) is 6.97. The fraction of sp³-hybridized carbons (Fsp3) is 0.261. The molecule has 0 aliphatic heterocycles. The number of carbonyl (C=O) groups excluding carboxylic acids is 1. The van der Waals surface area contributed by atoms with Gasteiger partial charge in [-0.05, 0) is 42.8 Å². The topological polar surface area (TPSA) is 114 Å². The Morgan fingerprint density at radius 1 is 1.16 bits per heavy atom. The number of furan rings is 1. The average molecular weight is 423 g/mol. The number of hydrogen-bond acceptors (Lipinski definition) is 6. The van der Waals surface area contributed by atoms with Crippen LogP contribution in [0.4, 0.5) is 5.82 Å². The summed E-state index contributed by atoms with van der Waals surface area (Å²) in [6.07, 6.45) is 2.21. The van der Waals surface area contributed by atoms with Gasteiger partial charge in [-0.1, -0.05) is 18.2 Å². The third kappa shape index (κ3) is 6.08. The number of ether oxygens (including phenoxy) is 1. The summed E-state index contributed by atoms with van der Waals surface area (Å²) in [5.74, 6) is 0.347. The van der Waals surface area contributed by atoms with Gasteiger partial charge < -0.3 is 24.9 Å². The molecule has 0 saturated carbocycles. The molecular weight excluding hydrogens is 398 g/mol. The van der Waals surface area contributed by atoms with E-state index in [9.17, 15) is 14.7 Å². The highest BCUT2D eigenvalue weighted by atomic mass is 16.5. The molecule has 8 heteroatoms. The minimum Gasteiger partial charge on any atom is -0.493 e. The number of carbonyl (C=O) groups is 2. The molecule has 1 atom stereocenters. The Balaban J connectivity index is 1.53. The summed E-state index contributed by atoms with van der Waals surface area (Å²) in [5.41, 5.74) is 2.02. The molecule has 0 aliphatic carbocycles. The first-order valence-corrected chi connectivity index (χ1v) is 9.89. The van der Waals surface area contributed by atoms with Gasteiger partial charge in [0.2, 0.25) is 0 Å². The normalized spacial score (nSPS) is 11.5. The van der Waals surface area contributed by atoms with Crippen molar-refractivity contribution in [1.29, 1.82) is 0 Å². The minimum absolute atomic E-state index is 0.152. The molecule has 8 nitrogen and oxygen atoms in total. The predicted octanol–water partition coefficient (Wildman–Crippen LogP) is 3.07. The van der Waals surface area contributed by atoms with Gasteiger partial charge in [0, 0.05) is 25.6 Å². The molecule has 31 heavy (non-hydrogen) atoms. The zero-order valence-corrected chi connectivity index (χ0v) is 17.4. The van der Waals surface area contributed by atoms with Gasteiger partial charge in [0.25, 0.3) is 5.91 Å². The molecule has 0 aliphatic rings. The van der Waals surface area contributed by atoms with Crippen molar-refractivity contribution in [2.45, 2.75) is 25.8 Å². The number of carboxylic acids is 1. The average Bonchev–Trinajstić information content (AvgIpc) is 3.20. The third-order valence-corrected chi connectivity index (χ3v) is 4.76. The number of hydrogen-bond donors (Lipinski definition) is 3. The zero-order valence-electron chi connectivity index (χ0n) is 17.4. The first-order chi connectivity index (χ1) is 15.0. The summed E-state index contributed by atoms with van der Waals surface area (Å²) in [5, 5.41) is 15.0. The lowest BCUT2D eigenvalue weighted by molar-refractivity contribution is -0.139. The van der Waals surface area contributed by atoms with Crippen LogP contribution < -0.4 is 15.4 Å². The molecule has 1 amide bonds. The van der Waals surface area contributed by atoms with Crippen LogP contribution in [0.5, 0.6) is 5.75 Å². The molecule has 3 rings (SSSR count). The summed E-state index contributed by atoms with van der Waals surface area (Å²) in [6.45, 7) is 2.12. The first kappa shape index (κ1) is 21.9. The summed E-state index contributed by atoms with van der Waals surface area (Å²) in [7, 11) is 1.82. The number of anilines is 1. The fourth-order valence-corrected chi connectivity index (χ4v) is 3.05. The molecule has 1 aromatic carbocycles. The van der Waals surface area contributed by atoms with Gasteiger partial charge in [0.1, 0.15) is 23.4 Å². The monoisotopic (exact) mass is 423 g/mol. The van der Waals surface area contributed by atoms with Crippen LogP contribution in [0.2, 0.25) is 0 Å². The fourth-order valence-electron chi connectivity index (χ4n) is 3.05. The van der Waals surface area contributed by atoms with Crippen LogP contribution in [0.25, 0.3) is 0 Å². The Bertz CT molecular complexity index is 1030. The van der Waals surface area contributed by atoms with E-state index in [1.807, 2.05) is 25.2 Å². The highest BCUT2D eigenvalue weighted by Gasteiger charge is 2.22. The Morgan fingerprint density at radius 2 is 1.94 bits per heavy atom. The lowest BCUT2D eigenvalue weighted by Crippen LogP contribution is -2.42. The highest BCUT2D eigenvalue weighted by Crippen LogP contribution is 2.15. The van der Waals surface area contributed by atoms with E-state index in [0.717, 1.165) is 17.1 Å². The van der Waals surface area contributed by atoms with E-state index in [2.05, 4.69) is 15.6 Å². The Hall–Kier alpha value is -3.81. The third-order valence-electron chi connectivity index (χ3n) is 4.76. The number of carboxylic acid groups (broad SMARTS) is 1. The van der Waals surface area contributed by atoms with Crippen LogP contribution in [-0.2, 0) is 17.6 Å². The van der Waals surface area contributed by atoms with Gasteiger partial charge in [-0.25, -0.2) is 9.78 Å². The molecular formula is C23H25N3O5. The van der Waals surface area contributed by atoms with Crippen molar-refractivity contribution in [2.24, 2.45) is 0 Å². The van der Waals surface area contributed by atoms with E-state index >= 15 is 0 Å². The molecule has 0 unspecified atom stereocenters. The number of nitrogens with one attached hydrogen (secondary N) is 2. The number of aryl methyl sites for hydroxylation is 1. The molecule has 162 valence electrons. The van der Waals surface area contributed by atoms with E-state index in [-0.39, 0.29) is 6.42 Å². The molecule has 0 fully saturated rings. The molecule has 2 aromatic heterocycles. The highest BCUT2D eigenvalue weighted by molar-refractivity contribution is 5.97. The van der Waals surface area contributed by atoms with Crippen LogP contribution in [0.15, 0.2) is 59.2 Å². The van der Waals surface area contributed by atoms with E-state index in [1.165, 1.54) is 12.3 Å². The van der Waals surface area contributed by atoms with Crippen LogP contribution in [0, 0.1) is 6.92 Å². The number of rotatable bonds is 10. The van der Waals surface area contributed by atoms with Crippen LogP contribution in [0.3, 0.4) is 0 Å². The van der Waals surface area contributed by atoms with Gasteiger partial charge in [-0.3, -0.25) is 4.79 Å². The summed E-state index contributed by atoms with van der Waals surface area (Å²) >= 11 is 0. The smallest absolute Gasteiger partial charge is 0.326 e. The van der Waals surface area contributed by atoms with Crippen molar-refractivity contribution in [3.63, 3.8) is 0 Å². The number of nitrogens with zero attached hydrogens (tertiary/aromatic N) is 1. The van der Waals surface area contributed by atoms with E-state index in [1.54, 1.807) is 31.2 Å². The summed E-state index contributed by atoms with van der Waals surface area (Å²) in [4.78, 5) is 28.4. The van der Waals surface area contributed by atoms with E-state index in [0.29, 0.717) is 30.1 Å². The van der Waals surface area contributed by atoms with Crippen molar-refractivity contribution in [1.82, 2.24) is 10.3 Å². The Kier molecular flexibility index (Phi) is 7.26. The Labute approximate surface area is 180 Å². The van der Waals surface area contributed by atoms with Crippen LogP contribution in [0.1, 0.15) is 27.4 Å². The first-order valence-electron chi connectivity index (χ1n) is 9.89. The molecule has 0 saturated heterocycles. The van der Waals surface area contributed by atoms with E-state index < -0.39 is 17.9 Å². The van der Waals surface area contributed by atoms with Crippen molar-refractivity contribution < 1.29 is 23.8 Å². The van der Waals surface area contributed by atoms with Gasteiger partial charge in [0.15, 0.2) is 0 Å². The summed E-state index contributed by atoms with van der Waals surface area (Å²) < 4.78 is 10.9. The molecule has 0 bridgehead atoms. The second-order valence-electron chi connectivity index (χ2n) is 6.97. The second kappa shape index (κ2) is 10.3. The number of amides is 1.